The molecule has 27 heavy (non-hydrogen) atoms. The van der Waals surface area contributed by atoms with E-state index in [9.17, 15) is 13.8 Å². The molecule has 3 atom stereocenters. The van der Waals surface area contributed by atoms with Gasteiger partial charge in [0, 0.05) is 48.9 Å². The maximum absolute atomic E-state index is 12.5. The van der Waals surface area contributed by atoms with Gasteiger partial charge in [0.1, 0.15) is 4.75 Å². The van der Waals surface area contributed by atoms with Crippen molar-refractivity contribution < 1.29 is 18.6 Å². The molecule has 1 fully saturated rings. The van der Waals surface area contributed by atoms with Crippen LogP contribution < -0.4 is 11.0 Å². The Morgan fingerprint density at radius 2 is 2.15 bits per heavy atom. The molecule has 1 amide bonds. The van der Waals surface area contributed by atoms with E-state index in [-0.39, 0.29) is 12.0 Å². The number of carbonyl (C=O) groups excluding carboxylic acids is 1. The van der Waals surface area contributed by atoms with Gasteiger partial charge in [0.2, 0.25) is 0 Å². The quantitative estimate of drug-likeness (QED) is 0.710. The van der Waals surface area contributed by atoms with E-state index < -0.39 is 27.7 Å². The van der Waals surface area contributed by atoms with E-state index in [2.05, 4.69) is 5.48 Å². The van der Waals surface area contributed by atoms with Gasteiger partial charge in [0.05, 0.1) is 0 Å². The van der Waals surface area contributed by atoms with Gasteiger partial charge in [0.25, 0.3) is 11.5 Å². The van der Waals surface area contributed by atoms with E-state index in [1.165, 1.54) is 16.9 Å². The third-order valence-electron chi connectivity index (χ3n) is 4.52. The molecule has 0 aliphatic carbocycles. The maximum Gasteiger partial charge on any atom is 0.262 e. The van der Waals surface area contributed by atoms with Crippen LogP contribution >= 0.6 is 0 Å². The first-order chi connectivity index (χ1) is 12.8. The zero-order valence-corrected chi connectivity index (χ0v) is 17.8. The minimum Gasteiger partial charge on any atom is -0.350 e. The van der Waals surface area contributed by atoms with Gasteiger partial charge in [-0.2, -0.15) is 0 Å². The second-order valence-corrected chi connectivity index (χ2v) is 8.33. The molecule has 3 unspecified atom stereocenters. The van der Waals surface area contributed by atoms with Crippen molar-refractivity contribution in [1.82, 2.24) is 10.0 Å². The van der Waals surface area contributed by atoms with Crippen LogP contribution in [0.1, 0.15) is 52.0 Å². The molecule has 0 spiro atoms. The van der Waals surface area contributed by atoms with Gasteiger partial charge >= 0.3 is 0 Å². The minimum atomic E-state index is -1.44. The summed E-state index contributed by atoms with van der Waals surface area (Å²) in [5.74, 6) is -0.470. The smallest absolute Gasteiger partial charge is 0.262 e. The number of aryl methyl sites for hydroxylation is 2. The van der Waals surface area contributed by atoms with E-state index in [0.717, 1.165) is 18.4 Å². The van der Waals surface area contributed by atoms with Crippen LogP contribution in [0.3, 0.4) is 0 Å². The van der Waals surface area contributed by atoms with Crippen molar-refractivity contribution in [3.05, 3.63) is 34.2 Å². The van der Waals surface area contributed by atoms with Crippen molar-refractivity contribution in [3.63, 3.8) is 0 Å². The van der Waals surface area contributed by atoms with E-state index in [1.54, 1.807) is 13.1 Å². The largest absolute Gasteiger partial charge is 0.350 e. The summed E-state index contributed by atoms with van der Waals surface area (Å²) in [6, 6.07) is 3.36. The van der Waals surface area contributed by atoms with E-state index in [0.29, 0.717) is 19.6 Å². The molecule has 0 saturated carbocycles. The summed E-state index contributed by atoms with van der Waals surface area (Å²) in [6.07, 6.45) is 5.62. The Morgan fingerprint density at radius 1 is 1.44 bits per heavy atom. The molecule has 1 aromatic rings. The highest BCUT2D eigenvalue weighted by atomic mass is 32.2. The molecule has 7 nitrogen and oxygen atoms in total. The van der Waals surface area contributed by atoms with Gasteiger partial charge < -0.3 is 9.30 Å². The molecular formula is C19H32N2O5S. The molecule has 1 N–H and O–H groups in total. The van der Waals surface area contributed by atoms with Crippen molar-refractivity contribution >= 4 is 16.7 Å². The number of pyridine rings is 1. The number of carbonyl (C=O) groups is 1. The molecule has 1 aliphatic heterocycles. The molecule has 1 saturated heterocycles. The summed E-state index contributed by atoms with van der Waals surface area (Å²) in [6.45, 7) is 8.36. The minimum absolute atomic E-state index is 0.142. The number of nitrogens with zero attached hydrogens (tertiary/aromatic N) is 1. The van der Waals surface area contributed by atoms with Crippen LogP contribution in [0.15, 0.2) is 23.1 Å². The van der Waals surface area contributed by atoms with Crippen LogP contribution in [-0.2, 0) is 31.7 Å². The summed E-state index contributed by atoms with van der Waals surface area (Å²) in [7, 11) is -1.44. The molecule has 0 radical (unpaired) electrons. The normalized spacial score (nSPS) is 20.0. The van der Waals surface area contributed by atoms with Crippen molar-refractivity contribution in [3.8, 4) is 0 Å². The Balaban J connectivity index is 0.00000176. The first kappa shape index (κ1) is 23.5. The SMILES string of the molecule is CC.Cc1ccn(CCC(C)(C(=O)NOC2CCCCO2)S(C)=O)c(=O)c1. The lowest BCUT2D eigenvalue weighted by Crippen LogP contribution is -2.49. The first-order valence-corrected chi connectivity index (χ1v) is 11.0. The lowest BCUT2D eigenvalue weighted by Gasteiger charge is -2.28. The summed E-state index contributed by atoms with van der Waals surface area (Å²) < 4.78 is 17.9. The van der Waals surface area contributed by atoms with Crippen molar-refractivity contribution in [2.45, 2.75) is 71.0 Å². The third kappa shape index (κ3) is 6.86. The zero-order valence-electron chi connectivity index (χ0n) is 16.9. The van der Waals surface area contributed by atoms with Crippen LogP contribution in [0.25, 0.3) is 0 Å². The summed E-state index contributed by atoms with van der Waals surface area (Å²) in [4.78, 5) is 29.8. The summed E-state index contributed by atoms with van der Waals surface area (Å²) in [5.41, 5.74) is 3.12. The molecule has 8 heteroatoms. The van der Waals surface area contributed by atoms with Crippen LogP contribution in [0, 0.1) is 6.92 Å². The van der Waals surface area contributed by atoms with E-state index in [1.807, 2.05) is 26.8 Å². The number of hydroxylamine groups is 1. The summed E-state index contributed by atoms with van der Waals surface area (Å²) >= 11 is 0. The molecule has 1 aliphatic rings. The predicted octanol–water partition coefficient (Wildman–Crippen LogP) is 2.28. The molecular weight excluding hydrogens is 368 g/mol. The van der Waals surface area contributed by atoms with Gasteiger partial charge in [-0.15, -0.1) is 0 Å². The van der Waals surface area contributed by atoms with Gasteiger partial charge in [-0.25, -0.2) is 10.3 Å². The van der Waals surface area contributed by atoms with Crippen LogP contribution in [0.2, 0.25) is 0 Å². The molecule has 2 heterocycles. The lowest BCUT2D eigenvalue weighted by molar-refractivity contribution is -0.201. The Morgan fingerprint density at radius 3 is 2.70 bits per heavy atom. The van der Waals surface area contributed by atoms with E-state index in [4.69, 9.17) is 9.57 Å². The fraction of sp³-hybridized carbons (Fsp3) is 0.684. The number of nitrogens with one attached hydrogen (secondary N) is 1. The third-order valence-corrected chi connectivity index (χ3v) is 6.18. The molecule has 0 aromatic carbocycles. The summed E-state index contributed by atoms with van der Waals surface area (Å²) in [5, 5.41) is 0. The zero-order chi connectivity index (χ0) is 20.4. The van der Waals surface area contributed by atoms with Gasteiger partial charge in [-0.05, 0) is 44.7 Å². The average molecular weight is 401 g/mol. The number of aromatic nitrogens is 1. The van der Waals surface area contributed by atoms with Gasteiger partial charge in [-0.1, -0.05) is 13.8 Å². The Hall–Kier alpha value is -1.51. The standard InChI is InChI=1S/C17H26N2O5S.C2H6/c1-13-7-9-19(14(20)12-13)10-8-17(2,25(3)22)16(21)18-24-15-6-4-5-11-23-15;1-2/h7,9,12,15H,4-6,8,10-11H2,1-3H3,(H,18,21);1-2H3. The topological polar surface area (TPSA) is 86.6 Å². The van der Waals surface area contributed by atoms with Crippen molar-refractivity contribution in [2.24, 2.45) is 0 Å². The molecule has 2 rings (SSSR count). The second-order valence-electron chi connectivity index (χ2n) is 6.52. The predicted molar refractivity (Wildman–Crippen MR) is 107 cm³/mol. The van der Waals surface area contributed by atoms with Crippen LogP contribution in [-0.4, -0.2) is 38.6 Å². The Bertz CT molecular complexity index is 685. The highest BCUT2D eigenvalue weighted by molar-refractivity contribution is 7.86. The molecule has 154 valence electrons. The van der Waals surface area contributed by atoms with Crippen molar-refractivity contribution in [1.29, 1.82) is 0 Å². The second kappa shape index (κ2) is 11.4. The number of amides is 1. The van der Waals surface area contributed by atoms with E-state index >= 15 is 0 Å². The number of hydrogen-bond acceptors (Lipinski definition) is 5. The fourth-order valence-electron chi connectivity index (χ4n) is 2.54. The van der Waals surface area contributed by atoms with Crippen molar-refractivity contribution in [2.75, 3.05) is 12.9 Å². The first-order valence-electron chi connectivity index (χ1n) is 9.41. The number of rotatable bonds is 7. The number of ether oxygens (including phenoxy) is 1. The Labute approximate surface area is 163 Å². The number of hydrogen-bond donors (Lipinski definition) is 1. The van der Waals surface area contributed by atoms with Crippen LogP contribution in [0.4, 0.5) is 0 Å². The van der Waals surface area contributed by atoms with Gasteiger partial charge in [0.15, 0.2) is 6.29 Å². The highest BCUT2D eigenvalue weighted by Gasteiger charge is 2.38. The molecule has 1 aromatic heterocycles. The van der Waals surface area contributed by atoms with Gasteiger partial charge in [-0.3, -0.25) is 13.8 Å². The molecule has 0 bridgehead atoms. The Kier molecular flexibility index (Phi) is 9.90. The lowest BCUT2D eigenvalue weighted by atomic mass is 10.1. The van der Waals surface area contributed by atoms with Crippen LogP contribution in [0.5, 0.6) is 0 Å². The maximum atomic E-state index is 12.5. The average Bonchev–Trinajstić information content (AvgIpc) is 2.67. The fourth-order valence-corrected chi connectivity index (χ4v) is 3.23. The highest BCUT2D eigenvalue weighted by Crippen LogP contribution is 2.20. The monoisotopic (exact) mass is 400 g/mol.